The first-order chi connectivity index (χ1) is 10.1. The number of hydrogen-bond donors (Lipinski definition) is 2. The highest BCUT2D eigenvalue weighted by atomic mass is 16.2. The van der Waals surface area contributed by atoms with Crippen molar-refractivity contribution in [2.75, 3.05) is 11.4 Å². The fourth-order valence-electron chi connectivity index (χ4n) is 2.20. The summed E-state index contributed by atoms with van der Waals surface area (Å²) < 4.78 is 0. The summed E-state index contributed by atoms with van der Waals surface area (Å²) in [6, 6.07) is 8.63. The van der Waals surface area contributed by atoms with E-state index in [1.165, 1.54) is 6.92 Å². The van der Waals surface area contributed by atoms with Gasteiger partial charge in [-0.3, -0.25) is 14.4 Å². The number of amides is 3. The average molecular weight is 287 g/mol. The zero-order chi connectivity index (χ0) is 15.4. The van der Waals surface area contributed by atoms with Gasteiger partial charge >= 0.3 is 0 Å². The lowest BCUT2D eigenvalue weighted by Crippen LogP contribution is -2.34. The Labute approximate surface area is 122 Å². The second kappa shape index (κ2) is 6.32. The molecule has 0 unspecified atom stereocenters. The molecule has 1 aromatic carbocycles. The van der Waals surface area contributed by atoms with Gasteiger partial charge in [0.05, 0.1) is 5.69 Å². The normalized spacial score (nSPS) is 14.9. The topological polar surface area (TPSA) is 92.5 Å². The molecule has 2 rings (SSSR count). The summed E-state index contributed by atoms with van der Waals surface area (Å²) >= 11 is 0. The molecule has 1 heterocycles. The maximum atomic E-state index is 12.5. The number of rotatable bonds is 5. The van der Waals surface area contributed by atoms with Crippen LogP contribution in [0.15, 0.2) is 41.6 Å². The van der Waals surface area contributed by atoms with Gasteiger partial charge in [-0.1, -0.05) is 18.2 Å². The molecule has 6 nitrogen and oxygen atoms in total. The van der Waals surface area contributed by atoms with Crippen LogP contribution in [0.1, 0.15) is 19.8 Å². The van der Waals surface area contributed by atoms with Crippen molar-refractivity contribution in [1.82, 2.24) is 5.32 Å². The number of imide groups is 1. The van der Waals surface area contributed by atoms with E-state index in [1.807, 2.05) is 0 Å². The van der Waals surface area contributed by atoms with E-state index < -0.39 is 11.8 Å². The summed E-state index contributed by atoms with van der Waals surface area (Å²) in [7, 11) is 0. The van der Waals surface area contributed by atoms with Crippen LogP contribution < -0.4 is 16.0 Å². The van der Waals surface area contributed by atoms with E-state index in [2.05, 4.69) is 5.32 Å². The fourth-order valence-corrected chi connectivity index (χ4v) is 2.20. The number of para-hydroxylation sites is 1. The molecule has 1 aliphatic heterocycles. The van der Waals surface area contributed by atoms with Crippen LogP contribution in [0.5, 0.6) is 0 Å². The molecule has 0 bridgehead atoms. The fraction of sp³-hybridized carbons (Fsp3) is 0.267. The van der Waals surface area contributed by atoms with E-state index in [1.54, 1.807) is 30.3 Å². The monoisotopic (exact) mass is 287 g/mol. The summed E-state index contributed by atoms with van der Waals surface area (Å²) in [5.74, 6) is -1.29. The van der Waals surface area contributed by atoms with Gasteiger partial charge < -0.3 is 11.1 Å². The highest BCUT2D eigenvalue weighted by molar-refractivity contribution is 6.33. The van der Waals surface area contributed by atoms with Gasteiger partial charge in [-0.25, -0.2) is 4.90 Å². The first-order valence-corrected chi connectivity index (χ1v) is 6.71. The predicted molar refractivity (Wildman–Crippen MR) is 78.1 cm³/mol. The number of nitrogens with two attached hydrogens (primary N) is 1. The molecule has 0 aromatic heterocycles. The average Bonchev–Trinajstić information content (AvgIpc) is 2.68. The van der Waals surface area contributed by atoms with E-state index in [0.717, 1.165) is 4.90 Å². The molecular formula is C15H17N3O3. The van der Waals surface area contributed by atoms with Crippen molar-refractivity contribution >= 4 is 23.4 Å². The molecule has 0 saturated heterocycles. The van der Waals surface area contributed by atoms with E-state index in [4.69, 9.17) is 5.73 Å². The van der Waals surface area contributed by atoms with Crippen molar-refractivity contribution in [3.8, 4) is 0 Å². The van der Waals surface area contributed by atoms with Crippen LogP contribution in [-0.4, -0.2) is 24.3 Å². The Bertz CT molecular complexity index is 608. The lowest BCUT2D eigenvalue weighted by molar-refractivity contribution is -0.123. The van der Waals surface area contributed by atoms with Crippen LogP contribution in [0.4, 0.5) is 5.69 Å². The Morgan fingerprint density at radius 1 is 1.19 bits per heavy atom. The Balaban J connectivity index is 2.37. The molecule has 6 heteroatoms. The highest BCUT2D eigenvalue weighted by Gasteiger charge is 2.39. The smallest absolute Gasteiger partial charge is 0.282 e. The lowest BCUT2D eigenvalue weighted by atomic mass is 10.1. The maximum Gasteiger partial charge on any atom is 0.282 e. The van der Waals surface area contributed by atoms with Gasteiger partial charge in [0.15, 0.2) is 0 Å². The first kappa shape index (κ1) is 14.9. The number of benzene rings is 1. The lowest BCUT2D eigenvalue weighted by Gasteiger charge is -2.14. The number of hydrogen-bond acceptors (Lipinski definition) is 4. The third-order valence-electron chi connectivity index (χ3n) is 3.13. The minimum absolute atomic E-state index is 0.0600. The Kier molecular flexibility index (Phi) is 4.49. The standard InChI is InChI=1S/C15H17N3O3/c1-10(19)17-13-12(8-5-9-16)14(20)18(15(13)21)11-6-3-2-4-7-11/h2-4,6-7H,5,8-9,16H2,1H3,(H,17,19). The first-order valence-electron chi connectivity index (χ1n) is 6.71. The summed E-state index contributed by atoms with van der Waals surface area (Å²) in [6.07, 6.45) is 0.931. The molecule has 0 atom stereocenters. The number of nitrogens with one attached hydrogen (secondary N) is 1. The molecule has 1 aliphatic rings. The van der Waals surface area contributed by atoms with Gasteiger partial charge in [0.1, 0.15) is 5.70 Å². The van der Waals surface area contributed by atoms with Gasteiger partial charge in [0.2, 0.25) is 5.91 Å². The zero-order valence-electron chi connectivity index (χ0n) is 11.8. The van der Waals surface area contributed by atoms with Gasteiger partial charge in [-0.2, -0.15) is 0 Å². The predicted octanol–water partition coefficient (Wildman–Crippen LogP) is 0.689. The van der Waals surface area contributed by atoms with E-state index in [-0.39, 0.29) is 11.6 Å². The van der Waals surface area contributed by atoms with Crippen molar-refractivity contribution < 1.29 is 14.4 Å². The second-order valence-corrected chi connectivity index (χ2v) is 4.71. The van der Waals surface area contributed by atoms with Gasteiger partial charge in [0.25, 0.3) is 11.8 Å². The van der Waals surface area contributed by atoms with Crippen LogP contribution in [0, 0.1) is 0 Å². The van der Waals surface area contributed by atoms with Gasteiger partial charge in [0, 0.05) is 12.5 Å². The molecule has 0 radical (unpaired) electrons. The summed E-state index contributed by atoms with van der Waals surface area (Å²) in [4.78, 5) is 37.2. The molecule has 0 spiro atoms. The largest absolute Gasteiger partial charge is 0.330 e. The second-order valence-electron chi connectivity index (χ2n) is 4.71. The van der Waals surface area contributed by atoms with Crippen LogP contribution in [0.2, 0.25) is 0 Å². The number of nitrogens with zero attached hydrogens (tertiary/aromatic N) is 1. The third kappa shape index (κ3) is 3.00. The van der Waals surface area contributed by atoms with Gasteiger partial charge in [-0.05, 0) is 31.5 Å². The molecule has 3 amide bonds. The van der Waals surface area contributed by atoms with Crippen LogP contribution >= 0.6 is 0 Å². The summed E-state index contributed by atoms with van der Waals surface area (Å²) in [6.45, 7) is 1.71. The van der Waals surface area contributed by atoms with E-state index in [9.17, 15) is 14.4 Å². The quantitative estimate of drug-likeness (QED) is 0.779. The number of carbonyl (C=O) groups excluding carboxylic acids is 3. The number of carbonyl (C=O) groups is 3. The zero-order valence-corrected chi connectivity index (χ0v) is 11.8. The van der Waals surface area contributed by atoms with Crippen LogP contribution in [-0.2, 0) is 14.4 Å². The Morgan fingerprint density at radius 2 is 1.86 bits per heavy atom. The maximum absolute atomic E-state index is 12.5. The molecule has 3 N–H and O–H groups in total. The van der Waals surface area contributed by atoms with Crippen LogP contribution in [0.25, 0.3) is 0 Å². The highest BCUT2D eigenvalue weighted by Crippen LogP contribution is 2.28. The molecule has 110 valence electrons. The Morgan fingerprint density at radius 3 is 2.43 bits per heavy atom. The molecule has 0 aliphatic carbocycles. The third-order valence-corrected chi connectivity index (χ3v) is 3.13. The summed E-state index contributed by atoms with van der Waals surface area (Å²) in [5, 5.41) is 2.47. The number of anilines is 1. The van der Waals surface area contributed by atoms with Crippen molar-refractivity contribution in [1.29, 1.82) is 0 Å². The molecule has 21 heavy (non-hydrogen) atoms. The van der Waals surface area contributed by atoms with Crippen molar-refractivity contribution in [2.45, 2.75) is 19.8 Å². The minimum atomic E-state index is -0.506. The van der Waals surface area contributed by atoms with Crippen molar-refractivity contribution in [2.24, 2.45) is 5.73 Å². The van der Waals surface area contributed by atoms with Crippen LogP contribution in [0.3, 0.4) is 0 Å². The van der Waals surface area contributed by atoms with E-state index >= 15 is 0 Å². The van der Waals surface area contributed by atoms with Crippen molar-refractivity contribution in [3.05, 3.63) is 41.6 Å². The Hall–Kier alpha value is -2.47. The molecule has 1 aromatic rings. The van der Waals surface area contributed by atoms with Crippen molar-refractivity contribution in [3.63, 3.8) is 0 Å². The minimum Gasteiger partial charge on any atom is -0.330 e. The van der Waals surface area contributed by atoms with Gasteiger partial charge in [-0.15, -0.1) is 0 Å². The van der Waals surface area contributed by atoms with E-state index in [0.29, 0.717) is 30.6 Å². The molecular weight excluding hydrogens is 270 g/mol. The SMILES string of the molecule is CC(=O)NC1=C(CCCN)C(=O)N(c2ccccc2)C1=O. The molecule has 0 fully saturated rings. The molecule has 0 saturated carbocycles. The summed E-state index contributed by atoms with van der Waals surface area (Å²) in [5.41, 5.74) is 6.31.